The molecule has 3 heterocycles. The molecule has 5 heteroatoms. The Bertz CT molecular complexity index is 850. The van der Waals surface area contributed by atoms with Crippen LogP contribution < -0.4 is 0 Å². The molecule has 1 aliphatic heterocycles. The van der Waals surface area contributed by atoms with Gasteiger partial charge in [0.1, 0.15) is 0 Å². The van der Waals surface area contributed by atoms with Gasteiger partial charge in [-0.3, -0.25) is 4.79 Å². The second-order valence-corrected chi connectivity index (χ2v) is 6.55. The topological polar surface area (TPSA) is 53.9 Å². The summed E-state index contributed by atoms with van der Waals surface area (Å²) in [5.41, 5.74) is 3.00. The van der Waals surface area contributed by atoms with Crippen LogP contribution in [0.1, 0.15) is 26.2 Å². The second-order valence-electron chi connectivity index (χ2n) is 6.55. The fraction of sp³-hybridized carbons (Fsp3) is 0.368. The van der Waals surface area contributed by atoms with E-state index in [2.05, 4.69) is 22.5 Å². The minimum Gasteiger partial charge on any atom is -0.359 e. The van der Waals surface area contributed by atoms with Crippen molar-refractivity contribution < 1.29 is 4.79 Å². The third-order valence-electron chi connectivity index (χ3n) is 4.80. The zero-order chi connectivity index (χ0) is 16.5. The van der Waals surface area contributed by atoms with Gasteiger partial charge in [-0.15, -0.1) is 0 Å². The molecule has 1 saturated heterocycles. The molecule has 1 fully saturated rings. The standard InChI is InChI=1S/C19H22N4O/c1-2-6-14-11-18(24)22(12-14)13-23-17-9-4-3-7-15(17)21-19(23)16-8-5-10-20-16/h3-5,7-10,14,20H,2,6,11-13H2,1H3. The van der Waals surface area contributed by atoms with E-state index in [1.54, 1.807) is 0 Å². The van der Waals surface area contributed by atoms with Crippen molar-refractivity contribution in [3.63, 3.8) is 0 Å². The first-order chi connectivity index (χ1) is 11.8. The molecule has 2 aromatic heterocycles. The fourth-order valence-corrected chi connectivity index (χ4v) is 3.66. The van der Waals surface area contributed by atoms with E-state index in [4.69, 9.17) is 4.98 Å². The number of hydrogen-bond acceptors (Lipinski definition) is 2. The molecule has 1 unspecified atom stereocenters. The summed E-state index contributed by atoms with van der Waals surface area (Å²) in [6.07, 6.45) is 4.83. The molecule has 1 aliphatic rings. The largest absolute Gasteiger partial charge is 0.359 e. The number of H-pyrrole nitrogens is 1. The molecule has 0 radical (unpaired) electrons. The highest BCUT2D eigenvalue weighted by Crippen LogP contribution is 2.27. The van der Waals surface area contributed by atoms with Gasteiger partial charge in [0.25, 0.3) is 0 Å². The molecule has 0 bridgehead atoms. The smallest absolute Gasteiger partial charge is 0.224 e. The summed E-state index contributed by atoms with van der Waals surface area (Å²) in [4.78, 5) is 22.4. The van der Waals surface area contributed by atoms with Gasteiger partial charge in [-0.25, -0.2) is 4.98 Å². The van der Waals surface area contributed by atoms with Crippen molar-refractivity contribution >= 4 is 16.9 Å². The SMILES string of the molecule is CCCC1CC(=O)N(Cn2c(-c3ccc[nH]3)nc3ccccc32)C1. The molecule has 0 spiro atoms. The van der Waals surface area contributed by atoms with Crippen LogP contribution in [0.5, 0.6) is 0 Å². The Hall–Kier alpha value is -2.56. The lowest BCUT2D eigenvalue weighted by Crippen LogP contribution is -2.28. The Morgan fingerprint density at radius 1 is 1.25 bits per heavy atom. The highest BCUT2D eigenvalue weighted by Gasteiger charge is 2.29. The zero-order valence-corrected chi connectivity index (χ0v) is 13.9. The first-order valence-electron chi connectivity index (χ1n) is 8.63. The van der Waals surface area contributed by atoms with Gasteiger partial charge in [-0.2, -0.15) is 0 Å². The summed E-state index contributed by atoms with van der Waals surface area (Å²) in [7, 11) is 0. The number of fused-ring (bicyclic) bond motifs is 1. The Kier molecular flexibility index (Phi) is 3.84. The van der Waals surface area contributed by atoms with Gasteiger partial charge in [-0.05, 0) is 36.6 Å². The number of carbonyl (C=O) groups excluding carboxylic acids is 1. The summed E-state index contributed by atoms with van der Waals surface area (Å²) in [5.74, 6) is 1.63. The fourth-order valence-electron chi connectivity index (χ4n) is 3.66. The molecule has 4 rings (SSSR count). The Morgan fingerprint density at radius 2 is 2.12 bits per heavy atom. The number of benzene rings is 1. The minimum absolute atomic E-state index is 0.253. The van der Waals surface area contributed by atoms with E-state index >= 15 is 0 Å². The number of imidazole rings is 1. The predicted molar refractivity (Wildman–Crippen MR) is 94.2 cm³/mol. The van der Waals surface area contributed by atoms with Gasteiger partial charge < -0.3 is 14.5 Å². The van der Waals surface area contributed by atoms with Crippen LogP contribution in [0.15, 0.2) is 42.6 Å². The molecule has 1 amide bonds. The van der Waals surface area contributed by atoms with E-state index in [-0.39, 0.29) is 5.91 Å². The van der Waals surface area contributed by atoms with Crippen molar-refractivity contribution in [3.8, 4) is 11.5 Å². The van der Waals surface area contributed by atoms with Gasteiger partial charge in [0.2, 0.25) is 5.91 Å². The van der Waals surface area contributed by atoms with Crippen LogP contribution in [0.3, 0.4) is 0 Å². The maximum atomic E-state index is 12.4. The van der Waals surface area contributed by atoms with E-state index in [9.17, 15) is 4.79 Å². The first kappa shape index (κ1) is 15.0. The lowest BCUT2D eigenvalue weighted by Gasteiger charge is -2.19. The molecular weight excluding hydrogens is 300 g/mol. The molecule has 124 valence electrons. The van der Waals surface area contributed by atoms with E-state index in [0.717, 1.165) is 41.9 Å². The number of rotatable bonds is 5. The Balaban J connectivity index is 1.71. The third kappa shape index (κ3) is 2.60. The van der Waals surface area contributed by atoms with Crippen molar-refractivity contribution in [2.24, 2.45) is 5.92 Å². The van der Waals surface area contributed by atoms with Gasteiger partial charge in [0.05, 0.1) is 23.4 Å². The minimum atomic E-state index is 0.253. The summed E-state index contributed by atoms with van der Waals surface area (Å²) in [6.45, 7) is 3.59. The Morgan fingerprint density at radius 3 is 2.92 bits per heavy atom. The summed E-state index contributed by atoms with van der Waals surface area (Å²) in [6, 6.07) is 12.1. The highest BCUT2D eigenvalue weighted by molar-refractivity contribution is 5.81. The van der Waals surface area contributed by atoms with E-state index in [0.29, 0.717) is 19.0 Å². The Labute approximate surface area is 141 Å². The number of hydrogen-bond donors (Lipinski definition) is 1. The first-order valence-corrected chi connectivity index (χ1v) is 8.63. The van der Waals surface area contributed by atoms with Gasteiger partial charge >= 0.3 is 0 Å². The number of aromatic nitrogens is 3. The number of amides is 1. The molecule has 1 atom stereocenters. The molecule has 1 N–H and O–H groups in total. The average Bonchev–Trinajstić information content (AvgIpc) is 3.28. The maximum Gasteiger partial charge on any atom is 0.224 e. The van der Waals surface area contributed by atoms with Gasteiger partial charge in [-0.1, -0.05) is 25.5 Å². The third-order valence-corrected chi connectivity index (χ3v) is 4.80. The number of nitrogens with zero attached hydrogens (tertiary/aromatic N) is 3. The highest BCUT2D eigenvalue weighted by atomic mass is 16.2. The lowest BCUT2D eigenvalue weighted by atomic mass is 10.0. The summed E-state index contributed by atoms with van der Waals surface area (Å²) in [5, 5.41) is 0. The lowest BCUT2D eigenvalue weighted by molar-refractivity contribution is -0.129. The number of nitrogens with one attached hydrogen (secondary N) is 1. The number of aromatic amines is 1. The van der Waals surface area contributed by atoms with Crippen molar-refractivity contribution in [3.05, 3.63) is 42.6 Å². The predicted octanol–water partition coefficient (Wildman–Crippen LogP) is 3.64. The van der Waals surface area contributed by atoms with E-state index in [1.807, 2.05) is 41.4 Å². The van der Waals surface area contributed by atoms with Crippen molar-refractivity contribution in [2.75, 3.05) is 6.54 Å². The molecular formula is C19H22N4O. The number of likely N-dealkylation sites (tertiary alicyclic amines) is 1. The van der Waals surface area contributed by atoms with Gasteiger partial charge in [0.15, 0.2) is 5.82 Å². The quantitative estimate of drug-likeness (QED) is 0.780. The zero-order valence-electron chi connectivity index (χ0n) is 13.9. The number of para-hydroxylation sites is 2. The average molecular weight is 322 g/mol. The summed E-state index contributed by atoms with van der Waals surface area (Å²) < 4.78 is 2.15. The van der Waals surface area contributed by atoms with Crippen molar-refractivity contribution in [2.45, 2.75) is 32.9 Å². The maximum absolute atomic E-state index is 12.4. The van der Waals surface area contributed by atoms with Crippen LogP contribution in [-0.4, -0.2) is 31.9 Å². The monoisotopic (exact) mass is 322 g/mol. The molecule has 0 aliphatic carbocycles. The van der Waals surface area contributed by atoms with Crippen LogP contribution in [0.4, 0.5) is 0 Å². The normalized spacial score (nSPS) is 18.0. The van der Waals surface area contributed by atoms with E-state index in [1.165, 1.54) is 0 Å². The second kappa shape index (κ2) is 6.15. The van der Waals surface area contributed by atoms with E-state index < -0.39 is 0 Å². The van der Waals surface area contributed by atoms with Gasteiger partial charge in [0, 0.05) is 19.2 Å². The molecule has 24 heavy (non-hydrogen) atoms. The van der Waals surface area contributed by atoms with Crippen LogP contribution in [0.25, 0.3) is 22.6 Å². The van der Waals surface area contributed by atoms with Crippen LogP contribution in [-0.2, 0) is 11.5 Å². The number of carbonyl (C=O) groups is 1. The molecule has 3 aromatic rings. The molecule has 5 nitrogen and oxygen atoms in total. The van der Waals surface area contributed by atoms with Crippen LogP contribution >= 0.6 is 0 Å². The molecule has 0 saturated carbocycles. The van der Waals surface area contributed by atoms with Crippen molar-refractivity contribution in [1.29, 1.82) is 0 Å². The van der Waals surface area contributed by atoms with Crippen LogP contribution in [0.2, 0.25) is 0 Å². The summed E-state index contributed by atoms with van der Waals surface area (Å²) >= 11 is 0. The van der Waals surface area contributed by atoms with Crippen LogP contribution in [0, 0.1) is 5.92 Å². The molecule has 1 aromatic carbocycles. The van der Waals surface area contributed by atoms with Crippen molar-refractivity contribution in [1.82, 2.24) is 19.4 Å².